The van der Waals surface area contributed by atoms with Crippen LogP contribution in [-0.4, -0.2) is 249 Å². The summed E-state index contributed by atoms with van der Waals surface area (Å²) in [6, 6.07) is 4.78. The number of esters is 1. The maximum Gasteiger partial charge on any atom is 0.308 e. The van der Waals surface area contributed by atoms with Crippen LogP contribution in [0.5, 0.6) is 0 Å². The second-order valence-corrected chi connectivity index (χ2v) is 19.0. The number of nitrogens with one attached hydrogen (secondary N) is 3. The van der Waals surface area contributed by atoms with Gasteiger partial charge >= 0.3 is 5.97 Å². The van der Waals surface area contributed by atoms with Crippen LogP contribution in [0.2, 0.25) is 0 Å². The zero-order valence-electron chi connectivity index (χ0n) is 49.0. The fraction of sp³-hybridized carbons (Fsp3) is 0.732. The van der Waals surface area contributed by atoms with Crippen molar-refractivity contribution < 1.29 is 95.1 Å². The van der Waals surface area contributed by atoms with Crippen LogP contribution in [-0.2, 0) is 102 Å². The van der Waals surface area contributed by atoms with Gasteiger partial charge < -0.3 is 88.2 Å². The minimum Gasteiger partial charge on any atom is -0.461 e. The lowest BCUT2D eigenvalue weighted by atomic mass is 10.0. The molecule has 6 amide bonds. The average Bonchev–Trinajstić information content (AvgIpc) is 3.83. The van der Waals surface area contributed by atoms with Crippen LogP contribution >= 0.6 is 0 Å². The van der Waals surface area contributed by atoms with Gasteiger partial charge in [0.05, 0.1) is 177 Å². The van der Waals surface area contributed by atoms with Crippen molar-refractivity contribution in [3.05, 3.63) is 42.0 Å². The summed E-state index contributed by atoms with van der Waals surface area (Å²) in [6.45, 7) is 15.1. The Morgan fingerprint density at radius 2 is 1.01 bits per heavy atom. The van der Waals surface area contributed by atoms with Crippen molar-refractivity contribution in [2.45, 2.75) is 72.1 Å². The Balaban J connectivity index is 1.83. The largest absolute Gasteiger partial charge is 0.461 e. The lowest BCUT2D eigenvalue weighted by Gasteiger charge is -2.27. The lowest BCUT2D eigenvalue weighted by Crippen LogP contribution is -2.56. The predicted octanol–water partition coefficient (Wildman–Crippen LogP) is 1.05. The van der Waals surface area contributed by atoms with Crippen molar-refractivity contribution in [2.75, 3.05) is 191 Å². The molecular formula is C56H94N6O20. The molecule has 0 radical (unpaired) electrons. The number of ether oxygens (including phenoxy) is 13. The molecule has 82 heavy (non-hydrogen) atoms. The van der Waals surface area contributed by atoms with Gasteiger partial charge in [-0.3, -0.25) is 38.5 Å². The summed E-state index contributed by atoms with van der Waals surface area (Å²) in [5.74, 6) is -3.74. The molecule has 5 N–H and O–H groups in total. The quantitative estimate of drug-likeness (QED) is 0.0403. The number of imide groups is 1. The third-order valence-corrected chi connectivity index (χ3v) is 11.7. The van der Waals surface area contributed by atoms with E-state index in [1.807, 2.05) is 0 Å². The Kier molecular flexibility index (Phi) is 43.0. The van der Waals surface area contributed by atoms with Gasteiger partial charge in [-0.25, -0.2) is 0 Å². The van der Waals surface area contributed by atoms with Crippen molar-refractivity contribution in [3.63, 3.8) is 0 Å². The van der Waals surface area contributed by atoms with Crippen molar-refractivity contribution in [1.82, 2.24) is 20.4 Å². The van der Waals surface area contributed by atoms with E-state index in [1.54, 1.807) is 59.1 Å². The number of anilines is 1. The Bertz CT molecular complexity index is 1910. The summed E-state index contributed by atoms with van der Waals surface area (Å²) in [4.78, 5) is 92.3. The maximum atomic E-state index is 13.9. The van der Waals surface area contributed by atoms with Crippen molar-refractivity contribution >= 4 is 47.1 Å². The molecule has 0 aromatic heterocycles. The molecule has 468 valence electrons. The topological polar surface area (TPSA) is 308 Å². The minimum atomic E-state index is -1.06. The summed E-state index contributed by atoms with van der Waals surface area (Å²) < 4.78 is 71.0. The van der Waals surface area contributed by atoms with Crippen molar-refractivity contribution in [2.24, 2.45) is 17.6 Å². The molecule has 0 unspecified atom stereocenters. The van der Waals surface area contributed by atoms with Gasteiger partial charge in [0.1, 0.15) is 18.7 Å². The Morgan fingerprint density at radius 1 is 0.561 bits per heavy atom. The monoisotopic (exact) mass is 1170 g/mol. The highest BCUT2D eigenvalue weighted by molar-refractivity contribution is 6.12. The summed E-state index contributed by atoms with van der Waals surface area (Å²) in [7, 11) is 1.62. The van der Waals surface area contributed by atoms with Gasteiger partial charge in [-0.1, -0.05) is 39.8 Å². The molecule has 0 bridgehead atoms. The first kappa shape index (κ1) is 73.0. The van der Waals surface area contributed by atoms with Gasteiger partial charge in [0.2, 0.25) is 23.6 Å². The van der Waals surface area contributed by atoms with E-state index in [2.05, 4.69) is 16.0 Å². The molecule has 1 aromatic carbocycles. The number of nitrogens with two attached hydrogens (primary N) is 1. The number of methoxy groups -OCH3 is 1. The molecule has 2 rings (SSSR count). The molecular weight excluding hydrogens is 1080 g/mol. The van der Waals surface area contributed by atoms with Gasteiger partial charge in [0, 0.05) is 31.5 Å². The highest BCUT2D eigenvalue weighted by Crippen LogP contribution is 2.14. The normalized spacial score (nSPS) is 13.0. The second-order valence-electron chi connectivity index (χ2n) is 19.0. The number of amides is 6. The lowest BCUT2D eigenvalue weighted by molar-refractivity contribution is -0.148. The van der Waals surface area contributed by atoms with E-state index in [9.17, 15) is 33.6 Å². The molecule has 0 saturated heterocycles. The van der Waals surface area contributed by atoms with E-state index in [0.29, 0.717) is 118 Å². The number of carbonyl (C=O) groups excluding carboxylic acids is 7. The molecule has 26 nitrogen and oxygen atoms in total. The van der Waals surface area contributed by atoms with Gasteiger partial charge in [0.25, 0.3) is 11.8 Å². The zero-order chi connectivity index (χ0) is 59.8. The SMILES string of the molecule is COCCOCCOCCOCCOCCOCCOCCOCCN(CC(=O)N[C@H](C(=O)N[C@@H](CCCCN)C(=O)Nc1ccc(COC(=O)C(C)C)cc1)C(C)C)C(=O)CCOCCOCCOCCOCCN1C(=O)C=CC1=O. The Morgan fingerprint density at radius 3 is 1.46 bits per heavy atom. The molecule has 0 saturated carbocycles. The number of carbonyl (C=O) groups is 7. The second kappa shape index (κ2) is 48.3. The van der Waals surface area contributed by atoms with Gasteiger partial charge in [-0.05, 0) is 49.4 Å². The first-order valence-electron chi connectivity index (χ1n) is 28.3. The van der Waals surface area contributed by atoms with E-state index in [4.69, 9.17) is 67.3 Å². The fourth-order valence-electron chi connectivity index (χ4n) is 7.10. The maximum absolute atomic E-state index is 13.9. The van der Waals surface area contributed by atoms with E-state index in [1.165, 1.54) is 17.1 Å². The molecule has 1 aliphatic heterocycles. The van der Waals surface area contributed by atoms with Gasteiger partial charge in [-0.2, -0.15) is 0 Å². The number of hydrogen-bond acceptors (Lipinski definition) is 21. The first-order valence-corrected chi connectivity index (χ1v) is 28.3. The third kappa shape index (κ3) is 36.5. The summed E-state index contributed by atoms with van der Waals surface area (Å²) in [5.41, 5.74) is 6.95. The minimum absolute atomic E-state index is 0.0437. The van der Waals surface area contributed by atoms with E-state index >= 15 is 0 Å². The Labute approximate surface area is 483 Å². The summed E-state index contributed by atoms with van der Waals surface area (Å²) in [5, 5.41) is 8.44. The molecule has 0 fully saturated rings. The molecule has 0 aliphatic carbocycles. The van der Waals surface area contributed by atoms with Crippen LogP contribution in [0.15, 0.2) is 36.4 Å². The van der Waals surface area contributed by atoms with E-state index < -0.39 is 35.7 Å². The smallest absolute Gasteiger partial charge is 0.308 e. The number of benzene rings is 1. The van der Waals surface area contributed by atoms with Crippen LogP contribution in [0.3, 0.4) is 0 Å². The molecule has 26 heteroatoms. The predicted molar refractivity (Wildman–Crippen MR) is 299 cm³/mol. The third-order valence-electron chi connectivity index (χ3n) is 11.7. The van der Waals surface area contributed by atoms with E-state index in [-0.39, 0.29) is 128 Å². The van der Waals surface area contributed by atoms with Gasteiger partial charge in [0.15, 0.2) is 0 Å². The van der Waals surface area contributed by atoms with Crippen LogP contribution in [0.25, 0.3) is 0 Å². The molecule has 1 aromatic rings. The van der Waals surface area contributed by atoms with Gasteiger partial charge in [-0.15, -0.1) is 0 Å². The standard InChI is InChI=1S/C56H94N6O20/c1-44(2)53(55(68)59-48(8-6-7-16-57)54(67)58-47-11-9-46(10-12-47)43-82-56(69)45(3)4)60-49(63)42-61(50(64)15-19-71-24-27-75-32-33-77-29-26-73-21-18-62-51(65)13-14-52(62)66)17-20-72-25-28-76-34-35-79-38-39-81-41-40-80-37-36-78-31-30-74-23-22-70-5/h9-14,44-45,48,53H,6-8,15-43,57H2,1-5H3,(H,58,67)(H,59,68)(H,60,63)/t48-,53-/m0/s1. The fourth-order valence-corrected chi connectivity index (χ4v) is 7.10. The number of nitrogens with zero attached hydrogens (tertiary/aromatic N) is 2. The van der Waals surface area contributed by atoms with Crippen LogP contribution in [0.1, 0.15) is 58.9 Å². The molecule has 1 aliphatic rings. The van der Waals surface area contributed by atoms with Crippen molar-refractivity contribution in [1.29, 1.82) is 0 Å². The number of hydrogen-bond donors (Lipinski definition) is 4. The van der Waals surface area contributed by atoms with E-state index in [0.717, 1.165) is 10.5 Å². The molecule has 2 atom stereocenters. The van der Waals surface area contributed by atoms with Crippen LogP contribution in [0, 0.1) is 11.8 Å². The Hall–Kier alpha value is -5.07. The van der Waals surface area contributed by atoms with Crippen LogP contribution < -0.4 is 21.7 Å². The zero-order valence-corrected chi connectivity index (χ0v) is 49.0. The first-order chi connectivity index (χ1) is 39.8. The number of unbranched alkanes of at least 4 members (excludes halogenated alkanes) is 1. The average molecular weight is 1170 g/mol. The van der Waals surface area contributed by atoms with Crippen LogP contribution in [0.4, 0.5) is 5.69 Å². The molecule has 0 spiro atoms. The summed E-state index contributed by atoms with van der Waals surface area (Å²) >= 11 is 0. The molecule has 1 heterocycles. The van der Waals surface area contributed by atoms with Crippen molar-refractivity contribution in [3.8, 4) is 0 Å². The highest BCUT2D eigenvalue weighted by Gasteiger charge is 2.30. The highest BCUT2D eigenvalue weighted by atomic mass is 16.6. The summed E-state index contributed by atoms with van der Waals surface area (Å²) in [6.07, 6.45) is 3.84. The number of rotatable bonds is 54.